The normalized spacial score (nSPS) is 17.2. The lowest BCUT2D eigenvalue weighted by Gasteiger charge is -2.38. The fourth-order valence-electron chi connectivity index (χ4n) is 18.1. The highest BCUT2D eigenvalue weighted by molar-refractivity contribution is 5.62. The molecule has 0 aliphatic carbocycles. The van der Waals surface area contributed by atoms with Crippen LogP contribution >= 0.6 is 0 Å². The number of hydrogen-bond acceptors (Lipinski definition) is 27. The van der Waals surface area contributed by atoms with Crippen LogP contribution in [0, 0.1) is 0 Å². The van der Waals surface area contributed by atoms with E-state index >= 15 is 0 Å². The van der Waals surface area contributed by atoms with Gasteiger partial charge in [0, 0.05) is 329 Å². The third kappa shape index (κ3) is 46.6. The van der Waals surface area contributed by atoms with Crippen LogP contribution in [0.5, 0.6) is 0 Å². The zero-order valence-electron chi connectivity index (χ0n) is 95.9. The van der Waals surface area contributed by atoms with E-state index in [0.29, 0.717) is 18.1 Å². The Kier molecular flexibility index (Phi) is 46.1. The molecule has 8 saturated heterocycles. The molecule has 0 atom stereocenters. The summed E-state index contributed by atoms with van der Waals surface area (Å²) < 4.78 is 0. The Hall–Kier alpha value is -9.97. The van der Waals surface area contributed by atoms with Gasteiger partial charge in [-0.3, -0.25) is 14.7 Å². The molecule has 0 bridgehead atoms. The van der Waals surface area contributed by atoms with Crippen molar-refractivity contribution in [2.24, 2.45) is 0 Å². The Balaban J connectivity index is 0.000000185. The fourth-order valence-corrected chi connectivity index (χ4v) is 18.1. The van der Waals surface area contributed by atoms with Gasteiger partial charge in [-0.25, -0.2) is 15.0 Å². The minimum absolute atomic E-state index is 0.0530. The number of hydrogen-bond donors (Lipinski definition) is 13. The van der Waals surface area contributed by atoms with Gasteiger partial charge in [-0.2, -0.15) is 0 Å². The predicted molar refractivity (Wildman–Crippen MR) is 634 cm³/mol. The van der Waals surface area contributed by atoms with Gasteiger partial charge in [-0.1, -0.05) is 0 Å². The van der Waals surface area contributed by atoms with Crippen molar-refractivity contribution >= 4 is 91.4 Å². The Labute approximate surface area is 880 Å². The van der Waals surface area contributed by atoms with E-state index in [4.69, 9.17) is 0 Å². The van der Waals surface area contributed by atoms with Gasteiger partial charge < -0.3 is 108 Å². The van der Waals surface area contributed by atoms with Crippen LogP contribution < -0.4 is 108 Å². The molecule has 27 nitrogen and oxygen atoms in total. The van der Waals surface area contributed by atoms with Gasteiger partial charge in [0.25, 0.3) is 0 Å². The third-order valence-corrected chi connectivity index (χ3v) is 25.3. The van der Waals surface area contributed by atoms with E-state index in [1.54, 1.807) is 0 Å². The van der Waals surface area contributed by atoms with E-state index in [0.717, 1.165) is 227 Å². The van der Waals surface area contributed by atoms with Crippen molar-refractivity contribution in [3.63, 3.8) is 0 Å². The molecule has 11 heterocycles. The first-order chi connectivity index (χ1) is 68.3. The minimum atomic E-state index is 0.0530. The van der Waals surface area contributed by atoms with Crippen LogP contribution in [0.25, 0.3) is 0 Å². The molecule has 0 amide bonds. The SMILES string of the molecule is CC(C)(C)Nc1ccc(N2CCNCC2)cc1.CC(C)(C)Nc1ccc(N2CCNCC2)cc1.CC(C)(C)Nc1ccc(N2CCNCC2)cc1.CC(C)(C)Nc1ccc(N2CCNCC2)cc1.CC(C)(C)Nc1ccc(N2CCNCC2)cc1.CC(C)N1CCN(c2ccc(NC(C)(C)C)nc2)CC1.CC(C)N1CCN(c2ccc(NC(C)(C)C)nc2)CC1.CC(C)N1CCN(c2ccc(NC(C)(C)C)nc2)CC1. The highest BCUT2D eigenvalue weighted by atomic mass is 15.3. The second-order valence-electron chi connectivity index (χ2n) is 49.0. The smallest absolute Gasteiger partial charge is 0.126 e. The van der Waals surface area contributed by atoms with Gasteiger partial charge in [0.1, 0.15) is 17.5 Å². The maximum atomic E-state index is 4.53. The topological polar surface area (TPSA) is 231 Å². The van der Waals surface area contributed by atoms with E-state index in [9.17, 15) is 0 Å². The maximum absolute atomic E-state index is 4.53. The molecule has 806 valence electrons. The van der Waals surface area contributed by atoms with Gasteiger partial charge in [0.05, 0.1) is 35.7 Å². The van der Waals surface area contributed by atoms with E-state index in [-0.39, 0.29) is 44.3 Å². The lowest BCUT2D eigenvalue weighted by atomic mass is 10.1. The molecule has 0 spiro atoms. The van der Waals surface area contributed by atoms with Crippen molar-refractivity contribution in [3.05, 3.63) is 176 Å². The summed E-state index contributed by atoms with van der Waals surface area (Å²) in [6, 6.07) is 58.5. The van der Waals surface area contributed by atoms with Crippen LogP contribution in [0.15, 0.2) is 176 Å². The average Bonchev–Trinajstić information content (AvgIpc) is 0.842. The molecule has 16 rings (SSSR count). The molecule has 8 aliphatic heterocycles. The number of pyridine rings is 3. The minimum Gasteiger partial charge on any atom is -0.380 e. The average molecular weight is 2000 g/mol. The summed E-state index contributed by atoms with van der Waals surface area (Å²) in [6.07, 6.45) is 5.96. The van der Waals surface area contributed by atoms with Crippen molar-refractivity contribution in [2.75, 3.05) is 291 Å². The monoisotopic (exact) mass is 1990 g/mol. The van der Waals surface area contributed by atoms with Crippen LogP contribution in [0.2, 0.25) is 0 Å². The number of aromatic nitrogens is 3. The summed E-state index contributed by atoms with van der Waals surface area (Å²) in [5, 5.41) is 44.5. The number of nitrogens with one attached hydrogen (secondary N) is 13. The summed E-state index contributed by atoms with van der Waals surface area (Å²) in [6.45, 7) is 101. The highest BCUT2D eigenvalue weighted by Gasteiger charge is 2.27. The van der Waals surface area contributed by atoms with E-state index < -0.39 is 0 Å². The van der Waals surface area contributed by atoms with Crippen LogP contribution in [0.3, 0.4) is 0 Å². The van der Waals surface area contributed by atoms with Crippen molar-refractivity contribution in [2.45, 2.75) is 270 Å². The van der Waals surface area contributed by atoms with Crippen LogP contribution in [0.1, 0.15) is 208 Å². The quantitative estimate of drug-likeness (QED) is 0.0361. The Morgan fingerprint density at radius 1 is 0.179 bits per heavy atom. The first kappa shape index (κ1) is 119. The number of anilines is 16. The van der Waals surface area contributed by atoms with Gasteiger partial charge >= 0.3 is 0 Å². The first-order valence-electron chi connectivity index (χ1n) is 54.7. The van der Waals surface area contributed by atoms with E-state index in [1.165, 1.54) is 73.9 Å². The van der Waals surface area contributed by atoms with Crippen molar-refractivity contribution in [3.8, 4) is 0 Å². The Morgan fingerprint density at radius 3 is 0.441 bits per heavy atom. The molecular formula is C118H199N27. The second-order valence-corrected chi connectivity index (χ2v) is 49.0. The molecule has 27 heteroatoms. The van der Waals surface area contributed by atoms with Gasteiger partial charge in [-0.15, -0.1) is 0 Å². The summed E-state index contributed by atoms with van der Waals surface area (Å²) in [7, 11) is 0. The molecule has 13 N–H and O–H groups in total. The number of benzene rings is 5. The third-order valence-electron chi connectivity index (χ3n) is 25.3. The first-order valence-corrected chi connectivity index (χ1v) is 54.7. The number of rotatable bonds is 19. The summed E-state index contributed by atoms with van der Waals surface area (Å²) in [5.41, 5.74) is 17.0. The van der Waals surface area contributed by atoms with Gasteiger partial charge in [0.2, 0.25) is 0 Å². The predicted octanol–water partition coefficient (Wildman–Crippen LogP) is 20.0. The van der Waals surface area contributed by atoms with E-state index in [2.05, 4.69) is 503 Å². The molecule has 3 aromatic heterocycles. The Morgan fingerprint density at radius 2 is 0.317 bits per heavy atom. The molecule has 5 aromatic carbocycles. The zero-order valence-corrected chi connectivity index (χ0v) is 95.9. The molecule has 8 aromatic rings. The number of nitrogens with zero attached hydrogens (tertiary/aromatic N) is 14. The standard InChI is InChI=1S/3C16H28N4.5C14H23N3/c3*1-13(2)19-8-10-20(11-9-19)14-6-7-15(17-12-14)18-16(3,4)5;5*1-14(2,3)16-12-4-6-13(7-5-12)17-10-8-15-9-11-17/h3*6-7,12-13H,8-11H2,1-5H3,(H,17,18);5*4-7,15-16H,8-11H2,1-3H3. The molecule has 8 fully saturated rings. The van der Waals surface area contributed by atoms with Gasteiger partial charge in [0.15, 0.2) is 0 Å². The summed E-state index contributed by atoms with van der Waals surface area (Å²) >= 11 is 0. The largest absolute Gasteiger partial charge is 0.380 e. The van der Waals surface area contributed by atoms with Crippen LogP contribution in [-0.4, -0.2) is 302 Å². The lowest BCUT2D eigenvalue weighted by molar-refractivity contribution is 0.209. The molecule has 0 saturated carbocycles. The van der Waals surface area contributed by atoms with Crippen molar-refractivity contribution in [1.82, 2.24) is 56.2 Å². The molecule has 145 heavy (non-hydrogen) atoms. The maximum Gasteiger partial charge on any atom is 0.126 e. The molecule has 0 unspecified atom stereocenters. The molecule has 8 aliphatic rings. The van der Waals surface area contributed by atoms with Crippen LogP contribution in [-0.2, 0) is 0 Å². The Bertz CT molecular complexity index is 4180. The summed E-state index contributed by atoms with van der Waals surface area (Å²) in [5.74, 6) is 2.84. The highest BCUT2D eigenvalue weighted by Crippen LogP contribution is 2.31. The molecular weight excluding hydrogens is 1800 g/mol. The summed E-state index contributed by atoms with van der Waals surface area (Å²) in [4.78, 5) is 40.6. The van der Waals surface area contributed by atoms with E-state index in [1.807, 2.05) is 18.6 Å². The van der Waals surface area contributed by atoms with Crippen LogP contribution in [0.4, 0.5) is 91.4 Å². The fraction of sp³-hybridized carbons (Fsp3) is 0.619. The second kappa shape index (κ2) is 56.4. The lowest BCUT2D eigenvalue weighted by Crippen LogP contribution is -2.48. The van der Waals surface area contributed by atoms with Crippen molar-refractivity contribution in [1.29, 1.82) is 0 Å². The van der Waals surface area contributed by atoms with Gasteiger partial charge in [-0.05, 0) is 365 Å². The zero-order chi connectivity index (χ0) is 106. The van der Waals surface area contributed by atoms with Crippen molar-refractivity contribution < 1.29 is 0 Å². The number of piperazine rings is 8. The molecule has 0 radical (unpaired) electrons.